The maximum Gasteiger partial charge on any atom is 0.317 e. The number of benzene rings is 1. The van der Waals surface area contributed by atoms with Gasteiger partial charge in [0.15, 0.2) is 11.5 Å². The number of ether oxygens (including phenoxy) is 2. The molecule has 0 aliphatic heterocycles. The summed E-state index contributed by atoms with van der Waals surface area (Å²) >= 11 is 0. The lowest BCUT2D eigenvalue weighted by Crippen LogP contribution is -2.28. The highest BCUT2D eigenvalue weighted by atomic mass is 16.6. The van der Waals surface area contributed by atoms with Crippen molar-refractivity contribution in [3.8, 4) is 11.5 Å². The third-order valence-electron chi connectivity index (χ3n) is 2.96. The Balaban J connectivity index is 0. The van der Waals surface area contributed by atoms with Crippen molar-refractivity contribution in [1.82, 2.24) is 0 Å². The highest BCUT2D eigenvalue weighted by Gasteiger charge is 2.28. The summed E-state index contributed by atoms with van der Waals surface area (Å²) in [6.07, 6.45) is 2.64. The fourth-order valence-corrected chi connectivity index (χ4v) is 1.22. The van der Waals surface area contributed by atoms with Crippen LogP contribution in [0.4, 0.5) is 0 Å². The highest BCUT2D eigenvalue weighted by Crippen LogP contribution is 2.30. The molecule has 4 heteroatoms. The van der Waals surface area contributed by atoms with E-state index in [0.29, 0.717) is 29.8 Å². The molecule has 0 aliphatic carbocycles. The first kappa shape index (κ1) is 23.4. The number of carbonyl (C=O) groups excluding carboxylic acids is 2. The molecule has 0 saturated heterocycles. The molecular formula is C19H32O4. The minimum absolute atomic E-state index is 0.317. The molecule has 0 amide bonds. The van der Waals surface area contributed by atoms with Gasteiger partial charge < -0.3 is 9.47 Å². The van der Waals surface area contributed by atoms with Gasteiger partial charge >= 0.3 is 5.97 Å². The molecule has 0 N–H and O–H groups in total. The zero-order chi connectivity index (χ0) is 18.5. The van der Waals surface area contributed by atoms with Crippen LogP contribution >= 0.6 is 0 Å². The van der Waals surface area contributed by atoms with Gasteiger partial charge in [0.2, 0.25) is 0 Å². The molecule has 0 aromatic heterocycles. The summed E-state index contributed by atoms with van der Waals surface area (Å²) < 4.78 is 10.4. The van der Waals surface area contributed by atoms with Crippen LogP contribution in [0.1, 0.15) is 71.7 Å². The molecule has 0 radical (unpaired) electrons. The van der Waals surface area contributed by atoms with Crippen LogP contribution in [0, 0.1) is 5.41 Å². The van der Waals surface area contributed by atoms with E-state index in [-0.39, 0.29) is 5.97 Å². The molecule has 4 nitrogen and oxygen atoms in total. The van der Waals surface area contributed by atoms with Crippen LogP contribution in [-0.2, 0) is 4.79 Å². The van der Waals surface area contributed by atoms with Gasteiger partial charge in [0.1, 0.15) is 6.29 Å². The lowest BCUT2D eigenvalue weighted by molar-refractivity contribution is -0.144. The molecular weight excluding hydrogens is 292 g/mol. The molecule has 0 fully saturated rings. The molecule has 0 saturated carbocycles. The van der Waals surface area contributed by atoms with Gasteiger partial charge in [-0.3, -0.25) is 9.59 Å². The Labute approximate surface area is 141 Å². The minimum Gasteiger partial charge on any atom is -0.493 e. The van der Waals surface area contributed by atoms with Crippen molar-refractivity contribution in [2.24, 2.45) is 5.41 Å². The number of carbonyl (C=O) groups is 2. The summed E-state index contributed by atoms with van der Waals surface area (Å²) in [6, 6.07) is 4.68. The minimum atomic E-state index is -0.547. The Hall–Kier alpha value is -1.84. The molecule has 23 heavy (non-hydrogen) atoms. The summed E-state index contributed by atoms with van der Waals surface area (Å²) in [7, 11) is 1.46. The lowest BCUT2D eigenvalue weighted by Gasteiger charge is -2.20. The summed E-state index contributed by atoms with van der Waals surface area (Å²) in [6.45, 7) is 13.8. The van der Waals surface area contributed by atoms with Gasteiger partial charge in [-0.15, -0.1) is 0 Å². The van der Waals surface area contributed by atoms with Crippen molar-refractivity contribution in [3.05, 3.63) is 23.8 Å². The molecule has 0 aliphatic rings. The quantitative estimate of drug-likeness (QED) is 0.419. The zero-order valence-corrected chi connectivity index (χ0v) is 15.9. The molecule has 0 heterocycles. The van der Waals surface area contributed by atoms with Gasteiger partial charge in [-0.25, -0.2) is 0 Å². The van der Waals surface area contributed by atoms with Gasteiger partial charge in [-0.1, -0.05) is 41.0 Å². The van der Waals surface area contributed by atoms with Gasteiger partial charge in [-0.05, 0) is 38.5 Å². The average molecular weight is 324 g/mol. The van der Waals surface area contributed by atoms with Crippen LogP contribution < -0.4 is 9.47 Å². The van der Waals surface area contributed by atoms with Crippen molar-refractivity contribution in [2.75, 3.05) is 7.11 Å². The normalized spacial score (nSPS) is 9.57. The van der Waals surface area contributed by atoms with Crippen LogP contribution in [0.2, 0.25) is 0 Å². The standard InChI is InChI=1S/C14H18O4.C3H8.C2H6/c1-5-14(2,3)13(16)18-11-7-6-10(9-15)8-12(11)17-4;1-3-2;1-2/h6-9H,5H2,1-4H3;3H2,1-2H3;1-2H3. The first-order valence-corrected chi connectivity index (χ1v) is 8.21. The SMILES string of the molecule is CC.CCC.CCC(C)(C)C(=O)Oc1ccc(C=O)cc1OC. The van der Waals surface area contributed by atoms with Crippen LogP contribution in [-0.4, -0.2) is 19.4 Å². The number of rotatable bonds is 5. The molecule has 0 atom stereocenters. The Morgan fingerprint density at radius 2 is 1.65 bits per heavy atom. The van der Waals surface area contributed by atoms with Gasteiger partial charge in [0.05, 0.1) is 12.5 Å². The highest BCUT2D eigenvalue weighted by molar-refractivity contribution is 5.80. The first-order chi connectivity index (χ1) is 10.9. The van der Waals surface area contributed by atoms with E-state index in [1.165, 1.54) is 19.6 Å². The predicted molar refractivity (Wildman–Crippen MR) is 95.4 cm³/mol. The van der Waals surface area contributed by atoms with E-state index >= 15 is 0 Å². The van der Waals surface area contributed by atoms with Gasteiger partial charge in [-0.2, -0.15) is 0 Å². The number of esters is 1. The van der Waals surface area contributed by atoms with Crippen LogP contribution in [0.15, 0.2) is 18.2 Å². The zero-order valence-electron chi connectivity index (χ0n) is 15.9. The fourth-order valence-electron chi connectivity index (χ4n) is 1.22. The van der Waals surface area contributed by atoms with E-state index in [1.807, 2.05) is 34.6 Å². The van der Waals surface area contributed by atoms with E-state index in [9.17, 15) is 9.59 Å². The third kappa shape index (κ3) is 8.38. The second kappa shape index (κ2) is 12.7. The number of methoxy groups -OCH3 is 1. The number of hydrogen-bond acceptors (Lipinski definition) is 4. The lowest BCUT2D eigenvalue weighted by atomic mass is 9.91. The Bertz CT molecular complexity index is 464. The van der Waals surface area contributed by atoms with E-state index in [0.717, 1.165) is 0 Å². The molecule has 132 valence electrons. The molecule has 0 bridgehead atoms. The monoisotopic (exact) mass is 324 g/mol. The Morgan fingerprint density at radius 1 is 1.13 bits per heavy atom. The van der Waals surface area contributed by atoms with Crippen LogP contribution in [0.3, 0.4) is 0 Å². The second-order valence-corrected chi connectivity index (χ2v) is 5.36. The predicted octanol–water partition coefficient (Wildman–Crippen LogP) is 5.29. The summed E-state index contributed by atoms with van der Waals surface area (Å²) in [5, 5.41) is 0. The maximum absolute atomic E-state index is 11.9. The van der Waals surface area contributed by atoms with E-state index < -0.39 is 5.41 Å². The van der Waals surface area contributed by atoms with Gasteiger partial charge in [0, 0.05) is 5.56 Å². The number of hydrogen-bond donors (Lipinski definition) is 0. The molecule has 1 aromatic rings. The van der Waals surface area contributed by atoms with Crippen molar-refractivity contribution >= 4 is 12.3 Å². The first-order valence-electron chi connectivity index (χ1n) is 8.21. The molecule has 0 spiro atoms. The third-order valence-corrected chi connectivity index (χ3v) is 2.96. The summed E-state index contributed by atoms with van der Waals surface area (Å²) in [5.74, 6) is 0.386. The topological polar surface area (TPSA) is 52.6 Å². The fraction of sp³-hybridized carbons (Fsp3) is 0.579. The molecule has 0 unspecified atom stereocenters. The number of aldehydes is 1. The molecule has 1 rings (SSSR count). The largest absolute Gasteiger partial charge is 0.493 e. The van der Waals surface area contributed by atoms with Gasteiger partial charge in [0.25, 0.3) is 0 Å². The second-order valence-electron chi connectivity index (χ2n) is 5.36. The Kier molecular flexibility index (Phi) is 12.9. The molecule has 1 aromatic carbocycles. The van der Waals surface area contributed by atoms with E-state index in [1.54, 1.807) is 12.1 Å². The van der Waals surface area contributed by atoms with Crippen molar-refractivity contribution in [3.63, 3.8) is 0 Å². The van der Waals surface area contributed by atoms with Crippen LogP contribution in [0.25, 0.3) is 0 Å². The Morgan fingerprint density at radius 3 is 2.04 bits per heavy atom. The smallest absolute Gasteiger partial charge is 0.317 e. The van der Waals surface area contributed by atoms with Crippen LogP contribution in [0.5, 0.6) is 11.5 Å². The summed E-state index contributed by atoms with van der Waals surface area (Å²) in [5.41, 5.74) is -0.0738. The van der Waals surface area contributed by atoms with E-state index in [2.05, 4.69) is 13.8 Å². The maximum atomic E-state index is 11.9. The average Bonchev–Trinajstić information content (AvgIpc) is 2.57. The summed E-state index contributed by atoms with van der Waals surface area (Å²) in [4.78, 5) is 22.6. The van der Waals surface area contributed by atoms with Crippen molar-refractivity contribution in [2.45, 2.75) is 61.3 Å². The van der Waals surface area contributed by atoms with Crippen molar-refractivity contribution < 1.29 is 19.1 Å². The van der Waals surface area contributed by atoms with Crippen molar-refractivity contribution in [1.29, 1.82) is 0 Å². The van der Waals surface area contributed by atoms with E-state index in [4.69, 9.17) is 9.47 Å².